The summed E-state index contributed by atoms with van der Waals surface area (Å²) in [7, 11) is 1.80. The molecule has 1 heterocycles. The zero-order valence-corrected chi connectivity index (χ0v) is 14.0. The third-order valence-corrected chi connectivity index (χ3v) is 4.27. The molecule has 0 spiro atoms. The first-order valence-electron chi connectivity index (χ1n) is 7.07. The van der Waals surface area contributed by atoms with Crippen molar-refractivity contribution in [2.45, 2.75) is 39.3 Å². The topological polar surface area (TPSA) is 44.4 Å². The van der Waals surface area contributed by atoms with Gasteiger partial charge in [-0.3, -0.25) is 4.79 Å². The van der Waals surface area contributed by atoms with Crippen molar-refractivity contribution in [1.82, 2.24) is 5.32 Å². The maximum absolute atomic E-state index is 11.9. The van der Waals surface area contributed by atoms with Gasteiger partial charge in [-0.2, -0.15) is 0 Å². The van der Waals surface area contributed by atoms with Crippen LogP contribution in [0.5, 0.6) is 0 Å². The maximum Gasteiger partial charge on any atom is 0.246 e. The van der Waals surface area contributed by atoms with Crippen LogP contribution in [0.15, 0.2) is 16.6 Å². The highest BCUT2D eigenvalue weighted by Gasteiger charge is 2.30. The fourth-order valence-electron chi connectivity index (χ4n) is 2.67. The quantitative estimate of drug-likeness (QED) is 0.865. The van der Waals surface area contributed by atoms with E-state index in [1.165, 1.54) is 0 Å². The second-order valence-corrected chi connectivity index (χ2v) is 6.24. The average Bonchev–Trinajstić information content (AvgIpc) is 2.69. The molecule has 20 heavy (non-hydrogen) atoms. The molecule has 0 radical (unpaired) electrons. The summed E-state index contributed by atoms with van der Waals surface area (Å²) in [5.41, 5.74) is 3.06. The second-order valence-electron chi connectivity index (χ2n) is 5.39. The van der Waals surface area contributed by atoms with E-state index < -0.39 is 0 Å². The van der Waals surface area contributed by atoms with Gasteiger partial charge in [0.05, 0.1) is 5.69 Å². The smallest absolute Gasteiger partial charge is 0.246 e. The molecule has 0 bridgehead atoms. The van der Waals surface area contributed by atoms with Crippen LogP contribution in [0, 0.1) is 0 Å². The summed E-state index contributed by atoms with van der Waals surface area (Å²) < 4.78 is 1.04. The third-order valence-electron chi connectivity index (χ3n) is 3.64. The van der Waals surface area contributed by atoms with E-state index in [4.69, 9.17) is 0 Å². The predicted octanol–water partition coefficient (Wildman–Crippen LogP) is 3.29. The normalized spacial score (nSPS) is 17.3. The Hall–Kier alpha value is -1.07. The number of nitrogens with one attached hydrogen (secondary N) is 2. The SMILES string of the molecule is CCCN(c1cc2c(cc1Br)C(NC)C(=O)N2)C(C)C. The van der Waals surface area contributed by atoms with Gasteiger partial charge in [-0.25, -0.2) is 0 Å². The molecule has 2 N–H and O–H groups in total. The average molecular weight is 340 g/mol. The van der Waals surface area contributed by atoms with Crippen LogP contribution in [0.2, 0.25) is 0 Å². The number of anilines is 2. The lowest BCUT2D eigenvalue weighted by Crippen LogP contribution is -2.31. The van der Waals surface area contributed by atoms with E-state index in [1.807, 2.05) is 0 Å². The number of nitrogens with zero attached hydrogens (tertiary/aromatic N) is 1. The molecule has 110 valence electrons. The Morgan fingerprint density at radius 2 is 2.15 bits per heavy atom. The van der Waals surface area contributed by atoms with Crippen molar-refractivity contribution in [3.05, 3.63) is 22.2 Å². The largest absolute Gasteiger partial charge is 0.368 e. The molecule has 1 aromatic rings. The van der Waals surface area contributed by atoms with Gasteiger partial charge in [0.15, 0.2) is 0 Å². The summed E-state index contributed by atoms with van der Waals surface area (Å²) in [4.78, 5) is 14.3. The molecule has 2 rings (SSSR count). The van der Waals surface area contributed by atoms with Gasteiger partial charge in [-0.15, -0.1) is 0 Å². The van der Waals surface area contributed by atoms with Crippen molar-refractivity contribution >= 4 is 33.2 Å². The first-order chi connectivity index (χ1) is 9.49. The predicted molar refractivity (Wildman–Crippen MR) is 87.3 cm³/mol. The number of amides is 1. The molecular weight excluding hydrogens is 318 g/mol. The highest BCUT2D eigenvalue weighted by Crippen LogP contribution is 2.39. The van der Waals surface area contributed by atoms with Crippen molar-refractivity contribution in [1.29, 1.82) is 0 Å². The Bertz CT molecular complexity index is 516. The van der Waals surface area contributed by atoms with Crippen LogP contribution in [-0.2, 0) is 4.79 Å². The lowest BCUT2D eigenvalue weighted by molar-refractivity contribution is -0.117. The highest BCUT2D eigenvalue weighted by molar-refractivity contribution is 9.10. The van der Waals surface area contributed by atoms with Gasteiger partial charge in [-0.1, -0.05) is 6.92 Å². The first kappa shape index (κ1) is 15.3. The number of hydrogen-bond donors (Lipinski definition) is 2. The Labute approximate surface area is 129 Å². The number of likely N-dealkylation sites (N-methyl/N-ethyl adjacent to an activating group) is 1. The van der Waals surface area contributed by atoms with E-state index in [0.717, 1.165) is 34.4 Å². The number of carbonyl (C=O) groups is 1. The van der Waals surface area contributed by atoms with E-state index in [-0.39, 0.29) is 11.9 Å². The summed E-state index contributed by atoms with van der Waals surface area (Å²) in [6, 6.07) is 4.29. The molecule has 1 aliphatic heterocycles. The molecule has 5 heteroatoms. The summed E-state index contributed by atoms with van der Waals surface area (Å²) in [5.74, 6) is 0.0122. The number of rotatable bonds is 5. The van der Waals surface area contributed by atoms with E-state index in [0.29, 0.717) is 6.04 Å². The van der Waals surface area contributed by atoms with Crippen LogP contribution in [0.1, 0.15) is 38.8 Å². The van der Waals surface area contributed by atoms with Gasteiger partial charge in [0.1, 0.15) is 6.04 Å². The number of carbonyl (C=O) groups excluding carboxylic acids is 1. The number of halogens is 1. The zero-order chi connectivity index (χ0) is 14.9. The first-order valence-corrected chi connectivity index (χ1v) is 7.87. The van der Waals surface area contributed by atoms with E-state index in [1.54, 1.807) is 7.05 Å². The summed E-state index contributed by atoms with van der Waals surface area (Å²) in [6.07, 6.45) is 1.09. The zero-order valence-electron chi connectivity index (χ0n) is 12.5. The van der Waals surface area contributed by atoms with Gasteiger partial charge >= 0.3 is 0 Å². The monoisotopic (exact) mass is 339 g/mol. The van der Waals surface area contributed by atoms with Crippen molar-refractivity contribution in [3.8, 4) is 0 Å². The second kappa shape index (κ2) is 6.14. The standard InChI is InChI=1S/C15H22BrN3O/c1-5-6-19(9(2)3)13-8-12-10(7-11(13)16)14(17-4)15(20)18-12/h7-9,14,17H,5-6H2,1-4H3,(H,18,20). The number of fused-ring (bicyclic) bond motifs is 1. The van der Waals surface area contributed by atoms with Crippen molar-refractivity contribution in [3.63, 3.8) is 0 Å². The Kier molecular flexibility index (Phi) is 4.70. The number of benzene rings is 1. The molecule has 0 aliphatic carbocycles. The molecule has 1 amide bonds. The fourth-order valence-corrected chi connectivity index (χ4v) is 3.26. The third kappa shape index (κ3) is 2.69. The molecule has 0 saturated heterocycles. The van der Waals surface area contributed by atoms with Crippen LogP contribution >= 0.6 is 15.9 Å². The Morgan fingerprint density at radius 3 is 2.70 bits per heavy atom. The van der Waals surface area contributed by atoms with Crippen molar-refractivity contribution in [2.24, 2.45) is 0 Å². The molecule has 1 atom stereocenters. The summed E-state index contributed by atoms with van der Waals surface area (Å²) in [5, 5.41) is 6.00. The molecule has 0 aromatic heterocycles. The summed E-state index contributed by atoms with van der Waals surface area (Å²) in [6.45, 7) is 7.54. The van der Waals surface area contributed by atoms with Crippen LogP contribution in [0.4, 0.5) is 11.4 Å². The van der Waals surface area contributed by atoms with Crippen molar-refractivity contribution in [2.75, 3.05) is 23.8 Å². The molecular formula is C15H22BrN3O. The molecule has 0 saturated carbocycles. The van der Waals surface area contributed by atoms with Crippen LogP contribution < -0.4 is 15.5 Å². The molecule has 4 nitrogen and oxygen atoms in total. The van der Waals surface area contributed by atoms with E-state index in [9.17, 15) is 4.79 Å². The lowest BCUT2D eigenvalue weighted by atomic mass is 10.1. The van der Waals surface area contributed by atoms with Gasteiger partial charge in [-0.05, 0) is 55.4 Å². The Morgan fingerprint density at radius 1 is 1.45 bits per heavy atom. The van der Waals surface area contributed by atoms with E-state index in [2.05, 4.69) is 64.4 Å². The van der Waals surface area contributed by atoms with Gasteiger partial charge in [0.25, 0.3) is 0 Å². The molecule has 0 fully saturated rings. The van der Waals surface area contributed by atoms with Crippen molar-refractivity contribution < 1.29 is 4.79 Å². The molecule has 1 aromatic carbocycles. The maximum atomic E-state index is 11.9. The van der Waals surface area contributed by atoms with Gasteiger partial charge in [0, 0.05) is 28.3 Å². The lowest BCUT2D eigenvalue weighted by Gasteiger charge is -2.30. The van der Waals surface area contributed by atoms with Gasteiger partial charge < -0.3 is 15.5 Å². The van der Waals surface area contributed by atoms with Crippen LogP contribution in [0.25, 0.3) is 0 Å². The minimum atomic E-state index is -0.256. The summed E-state index contributed by atoms with van der Waals surface area (Å²) >= 11 is 3.66. The fraction of sp³-hybridized carbons (Fsp3) is 0.533. The van der Waals surface area contributed by atoms with Crippen LogP contribution in [-0.4, -0.2) is 25.5 Å². The molecule has 1 aliphatic rings. The van der Waals surface area contributed by atoms with Crippen LogP contribution in [0.3, 0.4) is 0 Å². The van der Waals surface area contributed by atoms with Gasteiger partial charge in [0.2, 0.25) is 5.91 Å². The van der Waals surface area contributed by atoms with E-state index >= 15 is 0 Å². The molecule has 1 unspecified atom stereocenters. The highest BCUT2D eigenvalue weighted by atomic mass is 79.9. The Balaban J connectivity index is 2.43. The number of hydrogen-bond acceptors (Lipinski definition) is 3. The minimum Gasteiger partial charge on any atom is -0.368 e. The minimum absolute atomic E-state index is 0.0122.